The van der Waals surface area contributed by atoms with Gasteiger partial charge in [0.25, 0.3) is 0 Å². The lowest BCUT2D eigenvalue weighted by atomic mass is 9.54. The number of fused-ring (bicyclic) bond motifs is 13. The summed E-state index contributed by atoms with van der Waals surface area (Å²) in [6, 6.07) is 57.2. The van der Waals surface area contributed by atoms with Crippen molar-refractivity contribution in [2.75, 3.05) is 0 Å². The maximum Gasteiger partial charge on any atom is 0.0457 e. The summed E-state index contributed by atoms with van der Waals surface area (Å²) in [7, 11) is 0. The first-order chi connectivity index (χ1) is 45.0. The zero-order valence-electron chi connectivity index (χ0n) is 57.5. The average molecular weight is 1210 g/mol. The Balaban J connectivity index is 0.000000129. The van der Waals surface area contributed by atoms with Crippen molar-refractivity contribution in [3.8, 4) is 0 Å². The normalized spacial score (nSPS) is 24.9. The van der Waals surface area contributed by atoms with E-state index in [2.05, 4.69) is 218 Å². The predicted octanol–water partition coefficient (Wildman–Crippen LogP) is 25.2. The van der Waals surface area contributed by atoms with E-state index in [-0.39, 0.29) is 5.41 Å². The van der Waals surface area contributed by atoms with Crippen LogP contribution in [0.3, 0.4) is 0 Å². The summed E-state index contributed by atoms with van der Waals surface area (Å²) in [6.45, 7) is 16.0. The van der Waals surface area contributed by atoms with Crippen molar-refractivity contribution in [2.45, 2.75) is 202 Å². The van der Waals surface area contributed by atoms with Gasteiger partial charge < -0.3 is 0 Å². The molecule has 0 aromatic heterocycles. The Bertz CT molecular complexity index is 3470. The van der Waals surface area contributed by atoms with E-state index in [1.807, 2.05) is 55.4 Å². The second-order valence-corrected chi connectivity index (χ2v) is 27.1. The maximum atomic E-state index is 2.49. The molecule has 0 saturated heterocycles. The summed E-state index contributed by atoms with van der Waals surface area (Å²) in [4.78, 5) is 0. The van der Waals surface area contributed by atoms with Gasteiger partial charge in [-0.25, -0.2) is 0 Å². The molecule has 17 rings (SSSR count). The van der Waals surface area contributed by atoms with Crippen LogP contribution in [0.1, 0.15) is 227 Å². The fourth-order valence-corrected chi connectivity index (χ4v) is 18.3. The third kappa shape index (κ3) is 16.2. The van der Waals surface area contributed by atoms with Crippen LogP contribution in [0.2, 0.25) is 0 Å². The minimum absolute atomic E-state index is 0.0130. The third-order valence-corrected chi connectivity index (χ3v) is 22.2. The Morgan fingerprint density at radius 3 is 1.58 bits per heavy atom. The zero-order chi connectivity index (χ0) is 63.4. The Morgan fingerprint density at radius 2 is 0.912 bits per heavy atom. The highest BCUT2D eigenvalue weighted by Gasteiger charge is 2.48. The highest BCUT2D eigenvalue weighted by molar-refractivity contribution is 5.56. The molecular formula is C91H112. The Labute approximate surface area is 553 Å². The predicted molar refractivity (Wildman–Crippen MR) is 394 cm³/mol. The van der Waals surface area contributed by atoms with Gasteiger partial charge >= 0.3 is 0 Å². The maximum absolute atomic E-state index is 2.49. The first kappa shape index (κ1) is 67.1. The fraction of sp³-hybridized carbons (Fsp3) is 0.429. The number of allylic oxidation sites excluding steroid dienone is 16. The van der Waals surface area contributed by atoms with Crippen molar-refractivity contribution >= 4 is 0 Å². The Morgan fingerprint density at radius 1 is 0.396 bits per heavy atom. The SMILES string of the molecule is C1=CC2C=C1CC1=CC=C(CC3=CC(=CC3)CC3C=CC(=C3)C2)C1.C1CCC2C(C1)CCC1C3CCCC3CCC21.CC.CC.CC.CC.c1ccc(C2(c3ccccc3)CCc3ccccc32)cc1.c1ccc(Cc2cccc3c2Cc2ccccc2C3)cc1. The molecule has 0 amide bonds. The highest BCUT2D eigenvalue weighted by Crippen LogP contribution is 2.58. The Kier molecular flexibility index (Phi) is 24.9. The highest BCUT2D eigenvalue weighted by atomic mass is 14.5. The molecule has 11 aliphatic carbocycles. The molecular weight excluding hydrogens is 1090 g/mol. The van der Waals surface area contributed by atoms with Crippen LogP contribution in [0.25, 0.3) is 0 Å². The van der Waals surface area contributed by atoms with E-state index in [1.165, 1.54) is 104 Å². The molecule has 11 aliphatic rings. The van der Waals surface area contributed by atoms with Gasteiger partial charge in [-0.2, -0.15) is 0 Å². The lowest BCUT2D eigenvalue weighted by Gasteiger charge is -2.51. The molecule has 8 bridgehead atoms. The smallest absolute Gasteiger partial charge is 0.0457 e. The van der Waals surface area contributed by atoms with Crippen molar-refractivity contribution in [1.82, 2.24) is 0 Å². The van der Waals surface area contributed by atoms with Gasteiger partial charge in [-0.15, -0.1) is 0 Å². The van der Waals surface area contributed by atoms with Gasteiger partial charge in [0, 0.05) is 5.41 Å². The summed E-state index contributed by atoms with van der Waals surface area (Å²) in [5.74, 6) is 8.21. The van der Waals surface area contributed by atoms with Crippen LogP contribution in [0.15, 0.2) is 252 Å². The van der Waals surface area contributed by atoms with Crippen LogP contribution in [0.5, 0.6) is 0 Å². The van der Waals surface area contributed by atoms with E-state index < -0.39 is 0 Å². The molecule has 0 heteroatoms. The monoisotopic (exact) mass is 1200 g/mol. The minimum atomic E-state index is 0.0130. The van der Waals surface area contributed by atoms with E-state index in [9.17, 15) is 0 Å². The van der Waals surface area contributed by atoms with E-state index in [0.29, 0.717) is 11.8 Å². The Hall–Kier alpha value is -6.76. The lowest BCUT2D eigenvalue weighted by Crippen LogP contribution is -2.43. The quantitative estimate of drug-likeness (QED) is 0.165. The van der Waals surface area contributed by atoms with E-state index in [0.717, 1.165) is 63.2 Å². The molecule has 0 N–H and O–H groups in total. The summed E-state index contributed by atoms with van der Waals surface area (Å²) >= 11 is 0. The van der Waals surface area contributed by atoms with Crippen molar-refractivity contribution < 1.29 is 0 Å². The summed E-state index contributed by atoms with van der Waals surface area (Å²) in [6.07, 6.45) is 54.1. The van der Waals surface area contributed by atoms with Crippen molar-refractivity contribution in [2.24, 2.45) is 47.3 Å². The third-order valence-electron chi connectivity index (χ3n) is 22.2. The molecule has 8 unspecified atom stereocenters. The van der Waals surface area contributed by atoms with E-state index in [4.69, 9.17) is 0 Å². The number of rotatable bonds is 4. The van der Waals surface area contributed by atoms with Crippen LogP contribution >= 0.6 is 0 Å². The standard InChI is InChI=1S/C24H24.2C21H18.C17H28.4C2H6/c1-2-18-9-17(1)13-19-3-4-21(10-19)15-23-7-8-24(12-23)16-22-6-5-20(11-22)14-18;1-3-10-18(11-4-1)21(19-12-5-2-6-13-19)16-15-17-9-7-8-14-20(17)21;1-2-7-16(8-3-1)13-19-11-6-12-20-14-17-9-4-5-10-18(17)15-21(19)20;1-2-6-14-12(4-1)8-10-17-15-7-3-5-13(15)9-11-16(14)17;4*1-2/h1-7,9-10,12,17,21H,8,11,13-16H2;1-14H,15-16H2;1-12H,13-15H2;12-17H,1-11H2;4*1-2H3. The van der Waals surface area contributed by atoms with Crippen LogP contribution in [-0.2, 0) is 31.1 Å². The summed E-state index contributed by atoms with van der Waals surface area (Å²) < 4.78 is 0. The first-order valence-electron chi connectivity index (χ1n) is 37.0. The second kappa shape index (κ2) is 33.7. The van der Waals surface area contributed by atoms with Crippen LogP contribution in [-0.4, -0.2) is 0 Å². The first-order valence-corrected chi connectivity index (χ1v) is 37.0. The summed E-state index contributed by atoms with van der Waals surface area (Å²) in [5.41, 5.74) is 24.0. The molecule has 91 heavy (non-hydrogen) atoms. The molecule has 0 radical (unpaired) electrons. The van der Waals surface area contributed by atoms with Gasteiger partial charge in [0.05, 0.1) is 0 Å². The van der Waals surface area contributed by atoms with Gasteiger partial charge in [-0.1, -0.05) is 334 Å². The molecule has 0 spiro atoms. The number of aryl methyl sites for hydroxylation is 1. The van der Waals surface area contributed by atoms with Crippen molar-refractivity contribution in [1.29, 1.82) is 0 Å². The molecule has 6 aromatic rings. The number of hydrogen-bond donors (Lipinski definition) is 0. The largest absolute Gasteiger partial charge is 0.0772 e. The minimum Gasteiger partial charge on any atom is -0.0772 e. The van der Waals surface area contributed by atoms with Crippen LogP contribution < -0.4 is 0 Å². The van der Waals surface area contributed by atoms with Crippen LogP contribution in [0, 0.1) is 47.3 Å². The van der Waals surface area contributed by atoms with Gasteiger partial charge in [0.15, 0.2) is 0 Å². The average Bonchev–Trinajstić information content (AvgIpc) is 1.67. The zero-order valence-corrected chi connectivity index (χ0v) is 57.5. The summed E-state index contributed by atoms with van der Waals surface area (Å²) in [5, 5.41) is 0. The van der Waals surface area contributed by atoms with Crippen LogP contribution in [0.4, 0.5) is 0 Å². The van der Waals surface area contributed by atoms with E-state index >= 15 is 0 Å². The van der Waals surface area contributed by atoms with Crippen molar-refractivity contribution in [3.05, 3.63) is 308 Å². The molecule has 476 valence electrons. The molecule has 0 aliphatic heterocycles. The fourth-order valence-electron chi connectivity index (χ4n) is 18.3. The second-order valence-electron chi connectivity index (χ2n) is 27.1. The molecule has 8 atom stereocenters. The molecule has 4 saturated carbocycles. The number of hydrogen-bond acceptors (Lipinski definition) is 0. The lowest BCUT2D eigenvalue weighted by molar-refractivity contribution is -0.0184. The number of benzene rings is 6. The van der Waals surface area contributed by atoms with Gasteiger partial charge in [0.1, 0.15) is 0 Å². The molecule has 0 nitrogen and oxygen atoms in total. The van der Waals surface area contributed by atoms with Gasteiger partial charge in [0.2, 0.25) is 0 Å². The van der Waals surface area contributed by atoms with Gasteiger partial charge in [-0.05, 0) is 218 Å². The molecule has 6 aromatic carbocycles. The van der Waals surface area contributed by atoms with Crippen molar-refractivity contribution in [3.63, 3.8) is 0 Å². The van der Waals surface area contributed by atoms with Gasteiger partial charge in [-0.3, -0.25) is 0 Å². The topological polar surface area (TPSA) is 0 Å². The molecule has 0 heterocycles. The van der Waals surface area contributed by atoms with E-state index in [1.54, 1.807) is 98.5 Å². The molecule has 4 fully saturated rings.